The van der Waals surface area contributed by atoms with E-state index < -0.39 is 12.0 Å². The van der Waals surface area contributed by atoms with Gasteiger partial charge in [0.2, 0.25) is 0 Å². The first kappa shape index (κ1) is 29.5. The summed E-state index contributed by atoms with van der Waals surface area (Å²) in [5.74, 6) is 0.404. The third kappa shape index (κ3) is 19.5. The SMILES string of the molecule is CCCCCCOc1cccc(OCCCCNC(=O)N[C@H](C)CC(=O)[O-])c1.C[NH+](C)C. The van der Waals surface area contributed by atoms with Gasteiger partial charge in [-0.2, -0.15) is 0 Å². The fourth-order valence-electron chi connectivity index (χ4n) is 2.57. The van der Waals surface area contributed by atoms with Crippen molar-refractivity contribution in [1.29, 1.82) is 0 Å². The Bertz CT molecular complexity index is 623. The molecule has 3 N–H and O–H groups in total. The van der Waals surface area contributed by atoms with Crippen molar-refractivity contribution in [2.75, 3.05) is 40.9 Å². The molecule has 0 unspecified atom stereocenters. The lowest BCUT2D eigenvalue weighted by Gasteiger charge is -2.15. The second-order valence-corrected chi connectivity index (χ2v) is 8.32. The molecule has 0 saturated heterocycles. The lowest BCUT2D eigenvalue weighted by atomic mass is 10.2. The van der Waals surface area contributed by atoms with Crippen LogP contribution in [-0.2, 0) is 4.79 Å². The zero-order valence-corrected chi connectivity index (χ0v) is 20.5. The maximum absolute atomic E-state index is 11.6. The fourth-order valence-corrected chi connectivity index (χ4v) is 2.57. The van der Waals surface area contributed by atoms with E-state index in [9.17, 15) is 14.7 Å². The van der Waals surface area contributed by atoms with Gasteiger partial charge in [-0.3, -0.25) is 0 Å². The van der Waals surface area contributed by atoms with Gasteiger partial charge in [-0.25, -0.2) is 4.79 Å². The van der Waals surface area contributed by atoms with Crippen LogP contribution in [0.4, 0.5) is 4.79 Å². The molecule has 8 nitrogen and oxygen atoms in total. The molecule has 0 aliphatic rings. The van der Waals surface area contributed by atoms with E-state index in [1.165, 1.54) is 24.2 Å². The van der Waals surface area contributed by atoms with Gasteiger partial charge in [0.1, 0.15) is 11.5 Å². The first-order chi connectivity index (χ1) is 15.2. The van der Waals surface area contributed by atoms with Crippen LogP contribution in [0.5, 0.6) is 11.5 Å². The van der Waals surface area contributed by atoms with Crippen LogP contribution in [0.25, 0.3) is 0 Å². The summed E-state index contributed by atoms with van der Waals surface area (Å²) in [5.41, 5.74) is 0. The highest BCUT2D eigenvalue weighted by Gasteiger charge is 2.06. The van der Waals surface area contributed by atoms with Gasteiger partial charge in [-0.1, -0.05) is 32.3 Å². The van der Waals surface area contributed by atoms with Gasteiger partial charge in [-0.05, 0) is 38.3 Å². The number of aliphatic carboxylic acids is 1. The first-order valence-corrected chi connectivity index (χ1v) is 11.6. The number of nitrogens with one attached hydrogen (secondary N) is 3. The van der Waals surface area contributed by atoms with Crippen molar-refractivity contribution in [3.63, 3.8) is 0 Å². The Morgan fingerprint density at radius 1 is 1.00 bits per heavy atom. The van der Waals surface area contributed by atoms with E-state index in [1.807, 2.05) is 24.3 Å². The van der Waals surface area contributed by atoms with Crippen molar-refractivity contribution in [1.82, 2.24) is 10.6 Å². The summed E-state index contributed by atoms with van der Waals surface area (Å²) in [4.78, 5) is 23.5. The predicted molar refractivity (Wildman–Crippen MR) is 125 cm³/mol. The largest absolute Gasteiger partial charge is 0.550 e. The number of rotatable bonds is 15. The molecule has 1 atom stereocenters. The van der Waals surface area contributed by atoms with E-state index >= 15 is 0 Å². The minimum atomic E-state index is -1.18. The monoisotopic (exact) mass is 453 g/mol. The first-order valence-electron chi connectivity index (χ1n) is 11.6. The average molecular weight is 454 g/mol. The van der Waals surface area contributed by atoms with Crippen LogP contribution in [0.3, 0.4) is 0 Å². The molecule has 0 saturated carbocycles. The van der Waals surface area contributed by atoms with Crippen LogP contribution >= 0.6 is 0 Å². The quantitative estimate of drug-likeness (QED) is 0.348. The number of carboxylic acid groups (broad SMARTS) is 1. The maximum Gasteiger partial charge on any atom is 0.315 e. The number of benzene rings is 1. The average Bonchev–Trinajstić information content (AvgIpc) is 2.69. The van der Waals surface area contributed by atoms with E-state index in [1.54, 1.807) is 6.92 Å². The van der Waals surface area contributed by atoms with Gasteiger partial charge < -0.3 is 34.9 Å². The number of amides is 2. The minimum absolute atomic E-state index is 0.206. The highest BCUT2D eigenvalue weighted by atomic mass is 16.5. The molecule has 0 heterocycles. The summed E-state index contributed by atoms with van der Waals surface area (Å²) in [5, 5.41) is 15.7. The van der Waals surface area contributed by atoms with Crippen molar-refractivity contribution in [2.45, 2.75) is 64.8 Å². The van der Waals surface area contributed by atoms with Crippen molar-refractivity contribution >= 4 is 12.0 Å². The molecular weight excluding hydrogens is 410 g/mol. The number of ether oxygens (including phenoxy) is 2. The van der Waals surface area contributed by atoms with Gasteiger partial charge in [0.25, 0.3) is 0 Å². The summed E-state index contributed by atoms with van der Waals surface area (Å²) in [7, 11) is 6.25. The van der Waals surface area contributed by atoms with Crippen LogP contribution < -0.4 is 30.1 Å². The summed E-state index contributed by atoms with van der Waals surface area (Å²) in [6, 6.07) is 6.79. The van der Waals surface area contributed by atoms with Crippen LogP contribution in [-0.4, -0.2) is 58.9 Å². The van der Waals surface area contributed by atoms with Gasteiger partial charge in [0, 0.05) is 31.0 Å². The van der Waals surface area contributed by atoms with Crippen LogP contribution in [0.15, 0.2) is 24.3 Å². The Balaban J connectivity index is 0.00000220. The molecule has 0 aliphatic heterocycles. The van der Waals surface area contributed by atoms with Gasteiger partial charge >= 0.3 is 6.03 Å². The Morgan fingerprint density at radius 2 is 1.56 bits per heavy atom. The third-order valence-electron chi connectivity index (χ3n) is 4.05. The number of carboxylic acids is 1. The molecule has 0 spiro atoms. The van der Waals surface area contributed by atoms with Gasteiger partial charge in [0.15, 0.2) is 0 Å². The van der Waals surface area contributed by atoms with Crippen molar-refractivity contribution in [3.05, 3.63) is 24.3 Å². The highest BCUT2D eigenvalue weighted by molar-refractivity contribution is 5.75. The number of unbranched alkanes of at least 4 members (excludes halogenated alkanes) is 4. The van der Waals surface area contributed by atoms with E-state index in [0.717, 1.165) is 37.4 Å². The molecule has 0 aromatic heterocycles. The highest BCUT2D eigenvalue weighted by Crippen LogP contribution is 2.20. The second-order valence-electron chi connectivity index (χ2n) is 8.32. The topological polar surface area (TPSA) is 104 Å². The summed E-state index contributed by atoms with van der Waals surface area (Å²) in [6.45, 7) is 5.57. The third-order valence-corrected chi connectivity index (χ3v) is 4.05. The molecular formula is C24H43N3O5. The number of carbonyl (C=O) groups excluding carboxylic acids is 2. The molecule has 0 radical (unpaired) electrons. The molecule has 32 heavy (non-hydrogen) atoms. The van der Waals surface area contributed by atoms with E-state index in [0.29, 0.717) is 13.2 Å². The number of carbonyl (C=O) groups is 2. The molecule has 1 aromatic rings. The summed E-state index contributed by atoms with van der Waals surface area (Å²) in [6.07, 6.45) is 6.04. The van der Waals surface area contributed by atoms with Crippen LogP contribution in [0, 0.1) is 0 Å². The summed E-state index contributed by atoms with van der Waals surface area (Å²) >= 11 is 0. The Labute approximate surface area is 193 Å². The zero-order valence-electron chi connectivity index (χ0n) is 20.5. The fraction of sp³-hybridized carbons (Fsp3) is 0.667. The number of hydrogen-bond donors (Lipinski definition) is 3. The minimum Gasteiger partial charge on any atom is -0.550 e. The maximum atomic E-state index is 11.6. The summed E-state index contributed by atoms with van der Waals surface area (Å²) < 4.78 is 11.5. The number of hydrogen-bond acceptors (Lipinski definition) is 5. The van der Waals surface area contributed by atoms with Crippen LogP contribution in [0.1, 0.15) is 58.8 Å². The van der Waals surface area contributed by atoms with Gasteiger partial charge in [-0.15, -0.1) is 0 Å². The van der Waals surface area contributed by atoms with Gasteiger partial charge in [0.05, 0.1) is 34.4 Å². The van der Waals surface area contributed by atoms with Crippen LogP contribution in [0.2, 0.25) is 0 Å². The predicted octanol–water partition coefficient (Wildman–Crippen LogP) is 1.39. The van der Waals surface area contributed by atoms with E-state index in [-0.39, 0.29) is 12.5 Å². The molecule has 1 rings (SSSR count). The van der Waals surface area contributed by atoms with E-state index in [2.05, 4.69) is 38.7 Å². The lowest BCUT2D eigenvalue weighted by Crippen LogP contribution is -3.02. The Morgan fingerprint density at radius 3 is 2.09 bits per heavy atom. The molecule has 0 fully saturated rings. The lowest BCUT2D eigenvalue weighted by molar-refractivity contribution is -0.836. The smallest absolute Gasteiger partial charge is 0.315 e. The number of quaternary nitrogens is 1. The van der Waals surface area contributed by atoms with Crippen molar-refractivity contribution in [3.8, 4) is 11.5 Å². The molecule has 0 bridgehead atoms. The zero-order chi connectivity index (χ0) is 24.2. The van der Waals surface area contributed by atoms with Crippen molar-refractivity contribution < 1.29 is 29.1 Å². The van der Waals surface area contributed by atoms with E-state index in [4.69, 9.17) is 9.47 Å². The molecule has 2 amide bonds. The normalized spacial score (nSPS) is 11.2. The molecule has 8 heteroatoms. The van der Waals surface area contributed by atoms with Crippen molar-refractivity contribution in [2.24, 2.45) is 0 Å². The number of urea groups is 1. The molecule has 0 aliphatic carbocycles. The Kier molecular flexibility index (Phi) is 17.7. The molecule has 184 valence electrons. The Hall–Kier alpha value is -2.48. The second kappa shape index (κ2) is 19.2. The standard InChI is InChI=1S/C21H34N2O5.C3H9N/c1-3-4-5-7-13-27-18-10-9-11-19(16-18)28-14-8-6-12-22-21(26)23-17(2)15-20(24)25;1-4(2)3/h9-11,16-17H,3-8,12-15H2,1-2H3,(H,24,25)(H2,22,23,26);1-3H3/t17-;/m1./s1. The molecule has 1 aromatic carbocycles.